The highest BCUT2D eigenvalue weighted by Gasteiger charge is 2.22. The summed E-state index contributed by atoms with van der Waals surface area (Å²) in [6.07, 6.45) is 0. The topological polar surface area (TPSA) is 94.8 Å². The van der Waals surface area contributed by atoms with Crippen LogP contribution in [0, 0.1) is 0 Å². The van der Waals surface area contributed by atoms with Gasteiger partial charge in [0.15, 0.2) is 0 Å². The van der Waals surface area contributed by atoms with Crippen molar-refractivity contribution in [3.63, 3.8) is 0 Å². The molecule has 2 aromatic rings. The molecule has 0 unspecified atom stereocenters. The summed E-state index contributed by atoms with van der Waals surface area (Å²) in [4.78, 5) is 22.8. The van der Waals surface area contributed by atoms with Gasteiger partial charge in [0.05, 0.1) is 11.1 Å². The Morgan fingerprint density at radius 1 is 1.11 bits per heavy atom. The summed E-state index contributed by atoms with van der Waals surface area (Å²) in [6, 6.07) is 5.57. The van der Waals surface area contributed by atoms with Crippen molar-refractivity contribution in [2.45, 2.75) is 0 Å². The van der Waals surface area contributed by atoms with Gasteiger partial charge in [-0.25, -0.2) is 9.59 Å². The van der Waals surface area contributed by atoms with E-state index in [0.717, 1.165) is 6.07 Å². The second-order valence-corrected chi connectivity index (χ2v) is 4.45. The minimum Gasteiger partial charge on any atom is -0.508 e. The molecule has 92 valence electrons. The first-order chi connectivity index (χ1) is 8.50. The van der Waals surface area contributed by atoms with Crippen molar-refractivity contribution in [2.75, 3.05) is 0 Å². The number of rotatable bonds is 3. The lowest BCUT2D eigenvalue weighted by atomic mass is 9.99. The molecule has 0 atom stereocenters. The maximum absolute atomic E-state index is 11.2. The van der Waals surface area contributed by atoms with Crippen molar-refractivity contribution in [1.29, 1.82) is 0 Å². The molecule has 0 bridgehead atoms. The largest absolute Gasteiger partial charge is 0.508 e. The minimum atomic E-state index is -1.39. The van der Waals surface area contributed by atoms with Crippen LogP contribution >= 0.6 is 11.3 Å². The van der Waals surface area contributed by atoms with Crippen molar-refractivity contribution in [2.24, 2.45) is 0 Å². The number of carboxylic acid groups (broad SMARTS) is 2. The fourth-order valence-electron chi connectivity index (χ4n) is 1.65. The second-order valence-electron chi connectivity index (χ2n) is 3.50. The van der Waals surface area contributed by atoms with Gasteiger partial charge in [0.1, 0.15) is 5.75 Å². The van der Waals surface area contributed by atoms with Crippen molar-refractivity contribution >= 4 is 23.3 Å². The molecule has 5 nitrogen and oxygen atoms in total. The smallest absolute Gasteiger partial charge is 0.337 e. The highest BCUT2D eigenvalue weighted by Crippen LogP contribution is 2.33. The van der Waals surface area contributed by atoms with Crippen molar-refractivity contribution in [3.8, 4) is 16.2 Å². The van der Waals surface area contributed by atoms with Gasteiger partial charge >= 0.3 is 11.9 Å². The van der Waals surface area contributed by atoms with Crippen LogP contribution in [0.3, 0.4) is 0 Å². The Balaban J connectivity index is 2.79. The molecule has 1 aromatic carbocycles. The van der Waals surface area contributed by atoms with Crippen LogP contribution in [-0.4, -0.2) is 27.3 Å². The molecule has 0 saturated carbocycles. The van der Waals surface area contributed by atoms with Gasteiger partial charge < -0.3 is 15.3 Å². The third kappa shape index (κ3) is 2.05. The molecule has 6 heteroatoms. The Morgan fingerprint density at radius 3 is 2.33 bits per heavy atom. The maximum atomic E-state index is 11.2. The number of hydrogen-bond acceptors (Lipinski definition) is 4. The summed E-state index contributed by atoms with van der Waals surface area (Å²) in [7, 11) is 0. The van der Waals surface area contributed by atoms with E-state index in [1.54, 1.807) is 17.5 Å². The fraction of sp³-hybridized carbons (Fsp3) is 0. The minimum absolute atomic E-state index is 0.204. The molecule has 0 spiro atoms. The molecule has 0 aliphatic rings. The second kappa shape index (κ2) is 4.50. The molecule has 3 N–H and O–H groups in total. The lowest BCUT2D eigenvalue weighted by molar-refractivity contribution is 0.0652. The van der Waals surface area contributed by atoms with Crippen LogP contribution in [0.4, 0.5) is 0 Å². The van der Waals surface area contributed by atoms with Gasteiger partial charge in [-0.3, -0.25) is 0 Å². The highest BCUT2D eigenvalue weighted by atomic mass is 32.1. The SMILES string of the molecule is O=C(O)c1cc(O)cc(-c2cccs2)c1C(=O)O. The number of aromatic carboxylic acids is 2. The summed E-state index contributed by atoms with van der Waals surface area (Å²) in [6.45, 7) is 0. The van der Waals surface area contributed by atoms with E-state index in [4.69, 9.17) is 10.2 Å². The lowest BCUT2D eigenvalue weighted by Crippen LogP contribution is -2.09. The average molecular weight is 264 g/mol. The first-order valence-electron chi connectivity index (χ1n) is 4.88. The monoisotopic (exact) mass is 264 g/mol. The number of phenolic OH excluding ortho intramolecular Hbond substituents is 1. The summed E-state index contributed by atoms with van der Waals surface area (Å²) < 4.78 is 0. The summed E-state index contributed by atoms with van der Waals surface area (Å²) >= 11 is 1.27. The zero-order valence-electron chi connectivity index (χ0n) is 8.95. The van der Waals surface area contributed by atoms with E-state index in [0.29, 0.717) is 4.88 Å². The van der Waals surface area contributed by atoms with E-state index >= 15 is 0 Å². The average Bonchev–Trinajstić information content (AvgIpc) is 2.80. The van der Waals surface area contributed by atoms with Crippen molar-refractivity contribution in [3.05, 3.63) is 40.8 Å². The van der Waals surface area contributed by atoms with Crippen molar-refractivity contribution in [1.82, 2.24) is 0 Å². The highest BCUT2D eigenvalue weighted by molar-refractivity contribution is 7.13. The van der Waals surface area contributed by atoms with E-state index in [2.05, 4.69) is 0 Å². The third-order valence-corrected chi connectivity index (χ3v) is 3.26. The number of carboxylic acids is 2. The molecule has 0 fully saturated rings. The molecule has 0 saturated heterocycles. The zero-order chi connectivity index (χ0) is 13.3. The van der Waals surface area contributed by atoms with Crippen LogP contribution in [0.15, 0.2) is 29.6 Å². The lowest BCUT2D eigenvalue weighted by Gasteiger charge is -2.08. The van der Waals surface area contributed by atoms with E-state index in [1.165, 1.54) is 17.4 Å². The number of hydrogen-bond donors (Lipinski definition) is 3. The summed E-state index contributed by atoms with van der Waals surface area (Å²) in [5.74, 6) is -3.00. The van der Waals surface area contributed by atoms with E-state index in [-0.39, 0.29) is 16.9 Å². The van der Waals surface area contributed by atoms with E-state index in [1.807, 2.05) is 0 Å². The number of carbonyl (C=O) groups is 2. The van der Waals surface area contributed by atoms with Crippen LogP contribution in [0.5, 0.6) is 5.75 Å². The van der Waals surface area contributed by atoms with Gasteiger partial charge in [-0.15, -0.1) is 11.3 Å². The first-order valence-corrected chi connectivity index (χ1v) is 5.76. The molecule has 0 aliphatic carbocycles. The van der Waals surface area contributed by atoms with Crippen LogP contribution in [0.2, 0.25) is 0 Å². The van der Waals surface area contributed by atoms with Gasteiger partial charge in [-0.05, 0) is 23.6 Å². The predicted molar refractivity (Wildman–Crippen MR) is 65.3 cm³/mol. The number of benzene rings is 1. The van der Waals surface area contributed by atoms with Gasteiger partial charge in [-0.2, -0.15) is 0 Å². The molecular formula is C12H8O5S. The Kier molecular flexibility index (Phi) is 3.03. The van der Waals surface area contributed by atoms with Crippen molar-refractivity contribution < 1.29 is 24.9 Å². The third-order valence-electron chi connectivity index (χ3n) is 2.35. The van der Waals surface area contributed by atoms with E-state index in [9.17, 15) is 14.7 Å². The van der Waals surface area contributed by atoms with Gasteiger partial charge in [-0.1, -0.05) is 6.07 Å². The standard InChI is InChI=1S/C12H8O5S/c13-6-4-7(9-2-1-3-18-9)10(12(16)17)8(5-6)11(14)15/h1-5,13H,(H,14,15)(H,16,17). The van der Waals surface area contributed by atoms with Crippen LogP contribution in [0.25, 0.3) is 10.4 Å². The molecule has 0 amide bonds. The Hall–Kier alpha value is -2.34. The van der Waals surface area contributed by atoms with Gasteiger partial charge in [0.2, 0.25) is 0 Å². The quantitative estimate of drug-likeness (QED) is 0.791. The van der Waals surface area contributed by atoms with Crippen LogP contribution < -0.4 is 0 Å². The molecule has 0 aliphatic heterocycles. The maximum Gasteiger partial charge on any atom is 0.337 e. The number of thiophene rings is 1. The molecule has 2 rings (SSSR count). The molecule has 0 radical (unpaired) electrons. The van der Waals surface area contributed by atoms with Gasteiger partial charge in [0, 0.05) is 10.4 Å². The van der Waals surface area contributed by atoms with E-state index < -0.39 is 17.5 Å². The van der Waals surface area contributed by atoms with Crippen LogP contribution in [0.1, 0.15) is 20.7 Å². The Labute approximate surface area is 106 Å². The number of phenols is 1. The zero-order valence-corrected chi connectivity index (χ0v) is 9.77. The Morgan fingerprint density at radius 2 is 1.83 bits per heavy atom. The summed E-state index contributed by atoms with van der Waals surface area (Å²) in [5.41, 5.74) is -0.538. The normalized spacial score (nSPS) is 10.2. The molecule has 18 heavy (non-hydrogen) atoms. The molecule has 1 aromatic heterocycles. The predicted octanol–water partition coefficient (Wildman–Crippen LogP) is 2.52. The number of aromatic hydroxyl groups is 1. The molecular weight excluding hydrogens is 256 g/mol. The summed E-state index contributed by atoms with van der Waals surface area (Å²) in [5, 5.41) is 29.4. The first kappa shape index (κ1) is 12.1. The van der Waals surface area contributed by atoms with Crippen LogP contribution in [-0.2, 0) is 0 Å². The van der Waals surface area contributed by atoms with Gasteiger partial charge in [0.25, 0.3) is 0 Å². The fourth-order valence-corrected chi connectivity index (χ4v) is 2.40. The Bertz CT molecular complexity index is 616. The molecule has 1 heterocycles.